The molecule has 2 heterocycles. The molecule has 0 spiro atoms. The first-order valence-electron chi connectivity index (χ1n) is 11.6. The Morgan fingerprint density at radius 2 is 1.83 bits per heavy atom. The lowest BCUT2D eigenvalue weighted by Gasteiger charge is -2.31. The van der Waals surface area contributed by atoms with Crippen molar-refractivity contribution in [2.45, 2.75) is 25.6 Å². The van der Waals surface area contributed by atoms with Crippen molar-refractivity contribution in [2.75, 3.05) is 12.5 Å². The average molecular weight is 472 g/mol. The highest BCUT2D eigenvalue weighted by molar-refractivity contribution is 6.00. The van der Waals surface area contributed by atoms with Gasteiger partial charge in [0, 0.05) is 23.9 Å². The number of halogens is 1. The molecule has 1 aromatic heterocycles. The number of ether oxygens (including phenoxy) is 1. The zero-order valence-corrected chi connectivity index (χ0v) is 19.3. The number of nitrogens with zero attached hydrogens (tertiary/aromatic N) is 1. The van der Waals surface area contributed by atoms with Gasteiger partial charge in [-0.25, -0.2) is 19.6 Å². The Kier molecular flexibility index (Phi) is 6.33. The molecule has 1 aliphatic heterocycles. The van der Waals surface area contributed by atoms with E-state index in [0.29, 0.717) is 17.4 Å². The average Bonchev–Trinajstić information content (AvgIpc) is 3.22. The predicted octanol–water partition coefficient (Wildman–Crippen LogP) is 5.85. The molecule has 5 rings (SSSR count). The van der Waals surface area contributed by atoms with Gasteiger partial charge in [-0.15, -0.1) is 0 Å². The number of carbonyl (C=O) groups is 1. The number of benzene rings is 2. The molecule has 35 heavy (non-hydrogen) atoms. The number of hydrazine groups is 1. The van der Waals surface area contributed by atoms with Crippen LogP contribution in [0.5, 0.6) is 5.88 Å². The van der Waals surface area contributed by atoms with Gasteiger partial charge in [-0.05, 0) is 76.4 Å². The van der Waals surface area contributed by atoms with Crippen LogP contribution in [-0.2, 0) is 4.79 Å². The van der Waals surface area contributed by atoms with Gasteiger partial charge in [0.05, 0.1) is 12.8 Å². The topological polar surface area (TPSA) is 83.5 Å². The summed E-state index contributed by atoms with van der Waals surface area (Å²) in [6.45, 7) is 0. The van der Waals surface area contributed by atoms with Gasteiger partial charge >= 0.3 is 5.97 Å². The lowest BCUT2D eigenvalue weighted by molar-refractivity contribution is -0.131. The molecule has 1 unspecified atom stereocenters. The molecule has 0 amide bonds. The molecule has 3 N–H and O–H groups in total. The highest BCUT2D eigenvalue weighted by Crippen LogP contribution is 2.46. The van der Waals surface area contributed by atoms with Gasteiger partial charge in [-0.2, -0.15) is 0 Å². The van der Waals surface area contributed by atoms with E-state index < -0.39 is 12.3 Å². The van der Waals surface area contributed by atoms with Crippen LogP contribution < -0.4 is 15.6 Å². The third-order valence-electron chi connectivity index (χ3n) is 6.60. The largest absolute Gasteiger partial charge is 0.481 e. The highest BCUT2D eigenvalue weighted by atomic mass is 19.1. The predicted molar refractivity (Wildman–Crippen MR) is 134 cm³/mol. The maximum atomic E-state index is 14.5. The molecule has 1 aliphatic carbocycles. The number of alkyl halides is 1. The third kappa shape index (κ3) is 4.68. The van der Waals surface area contributed by atoms with Crippen molar-refractivity contribution in [1.29, 1.82) is 0 Å². The molecular weight excluding hydrogens is 445 g/mol. The highest BCUT2D eigenvalue weighted by Gasteiger charge is 2.29. The zero-order chi connectivity index (χ0) is 24.4. The summed E-state index contributed by atoms with van der Waals surface area (Å²) in [4.78, 5) is 15.4. The van der Waals surface area contributed by atoms with Crippen molar-refractivity contribution < 1.29 is 19.0 Å². The van der Waals surface area contributed by atoms with E-state index in [4.69, 9.17) is 9.84 Å². The van der Waals surface area contributed by atoms with Gasteiger partial charge < -0.3 is 15.3 Å². The molecule has 1 atom stereocenters. The zero-order valence-electron chi connectivity index (χ0n) is 19.3. The first-order chi connectivity index (χ1) is 17.0. The van der Waals surface area contributed by atoms with Gasteiger partial charge in [0.25, 0.3) is 0 Å². The molecule has 1 fully saturated rings. The molecule has 6 nitrogen and oxygen atoms in total. The lowest BCUT2D eigenvalue weighted by atomic mass is 9.73. The van der Waals surface area contributed by atoms with Crippen molar-refractivity contribution in [3.63, 3.8) is 0 Å². The van der Waals surface area contributed by atoms with Crippen LogP contribution in [0.4, 0.5) is 10.1 Å². The van der Waals surface area contributed by atoms with Gasteiger partial charge in [-0.1, -0.05) is 36.8 Å². The Labute approximate surface area is 203 Å². The minimum absolute atomic E-state index is 0.359. The lowest BCUT2D eigenvalue weighted by Crippen LogP contribution is -2.15. The van der Waals surface area contributed by atoms with Crippen LogP contribution in [0, 0.1) is 5.92 Å². The number of hydrogen-bond donors (Lipinski definition) is 3. The van der Waals surface area contributed by atoms with Crippen LogP contribution in [0.2, 0.25) is 0 Å². The number of allylic oxidation sites excluding steroid dienone is 1. The van der Waals surface area contributed by atoms with Crippen LogP contribution in [0.1, 0.15) is 53.4 Å². The number of rotatable bonds is 7. The monoisotopic (exact) mass is 471 g/mol. The maximum Gasteiger partial charge on any atom is 0.328 e. The molecule has 2 aromatic carbocycles. The Morgan fingerprint density at radius 1 is 1.09 bits per heavy atom. The van der Waals surface area contributed by atoms with Crippen LogP contribution >= 0.6 is 0 Å². The maximum absolute atomic E-state index is 14.5. The van der Waals surface area contributed by atoms with E-state index in [9.17, 15) is 9.18 Å². The standard InChI is InChI=1S/C28H26FN3O3/c1-35-24-13-11-21(16-30-24)27(18-3-2-4-18)26(19-8-5-17(6-9-19)7-14-25(33)34)20-10-12-23-22(15-20)28(29)32-31-23/h5-16,18,28,31-32H,2-4H2,1H3,(H,33,34)/b14-7+,27-26+. The number of nitrogens with one attached hydrogen (secondary N) is 2. The Bertz CT molecular complexity index is 1300. The number of anilines is 1. The van der Waals surface area contributed by atoms with E-state index in [1.807, 2.05) is 60.8 Å². The summed E-state index contributed by atoms with van der Waals surface area (Å²) in [7, 11) is 1.59. The van der Waals surface area contributed by atoms with Gasteiger partial charge in [0.1, 0.15) is 0 Å². The quantitative estimate of drug-likeness (QED) is 0.296. The van der Waals surface area contributed by atoms with Crippen LogP contribution in [0.15, 0.2) is 66.9 Å². The van der Waals surface area contributed by atoms with E-state index in [0.717, 1.165) is 58.9 Å². The van der Waals surface area contributed by atoms with Gasteiger partial charge in [-0.3, -0.25) is 0 Å². The summed E-state index contributed by atoms with van der Waals surface area (Å²) < 4.78 is 19.8. The smallest absolute Gasteiger partial charge is 0.328 e. The van der Waals surface area contributed by atoms with Gasteiger partial charge in [0.2, 0.25) is 5.88 Å². The normalized spacial score (nSPS) is 17.9. The Hall–Kier alpha value is -3.97. The van der Waals surface area contributed by atoms with Crippen LogP contribution in [-0.4, -0.2) is 23.2 Å². The SMILES string of the molecule is COc1ccc(/C(=C(\c2ccc(/C=C/C(=O)O)cc2)c2ccc3c(c2)C(F)NN3)C2CCC2)cn1. The van der Waals surface area contributed by atoms with E-state index in [2.05, 4.69) is 15.8 Å². The van der Waals surface area contributed by atoms with E-state index in [1.54, 1.807) is 13.2 Å². The fraction of sp³-hybridized carbons (Fsp3) is 0.214. The second-order valence-corrected chi connectivity index (χ2v) is 8.73. The number of fused-ring (bicyclic) bond motifs is 1. The number of pyridine rings is 1. The number of methoxy groups -OCH3 is 1. The molecular formula is C28H26FN3O3. The molecule has 0 bridgehead atoms. The van der Waals surface area contributed by atoms with E-state index in [1.165, 1.54) is 5.57 Å². The second-order valence-electron chi connectivity index (χ2n) is 8.73. The van der Waals surface area contributed by atoms with Crippen molar-refractivity contribution in [1.82, 2.24) is 10.4 Å². The van der Waals surface area contributed by atoms with E-state index >= 15 is 0 Å². The molecule has 1 saturated carbocycles. The van der Waals surface area contributed by atoms with Gasteiger partial charge in [0.15, 0.2) is 6.30 Å². The number of aliphatic carboxylic acids is 1. The van der Waals surface area contributed by atoms with Crippen molar-refractivity contribution in [3.05, 3.63) is 94.7 Å². The number of carboxylic acid groups (broad SMARTS) is 1. The minimum atomic E-state index is -1.29. The Morgan fingerprint density at radius 3 is 2.46 bits per heavy atom. The molecule has 2 aliphatic rings. The van der Waals surface area contributed by atoms with E-state index in [-0.39, 0.29) is 0 Å². The second kappa shape index (κ2) is 9.72. The molecule has 0 radical (unpaired) electrons. The summed E-state index contributed by atoms with van der Waals surface area (Å²) in [6, 6.07) is 17.5. The molecule has 0 saturated heterocycles. The van der Waals surface area contributed by atoms with Crippen molar-refractivity contribution in [2.24, 2.45) is 5.92 Å². The number of carboxylic acids is 1. The summed E-state index contributed by atoms with van der Waals surface area (Å²) in [5.41, 5.74) is 12.7. The summed E-state index contributed by atoms with van der Waals surface area (Å²) in [5, 5.41) is 8.95. The number of hydrogen-bond acceptors (Lipinski definition) is 5. The Balaban J connectivity index is 1.69. The van der Waals surface area contributed by atoms with Crippen LogP contribution in [0.3, 0.4) is 0 Å². The molecule has 3 aromatic rings. The summed E-state index contributed by atoms with van der Waals surface area (Å²) >= 11 is 0. The molecule has 178 valence electrons. The fourth-order valence-electron chi connectivity index (χ4n) is 4.61. The van der Waals surface area contributed by atoms with Crippen LogP contribution in [0.25, 0.3) is 17.2 Å². The minimum Gasteiger partial charge on any atom is -0.481 e. The molecule has 7 heteroatoms. The summed E-state index contributed by atoms with van der Waals surface area (Å²) in [6.07, 6.45) is 6.55. The fourth-order valence-corrected chi connectivity index (χ4v) is 4.61. The third-order valence-corrected chi connectivity index (χ3v) is 6.60. The number of aromatic nitrogens is 1. The first-order valence-corrected chi connectivity index (χ1v) is 11.6. The van der Waals surface area contributed by atoms with Crippen molar-refractivity contribution in [3.8, 4) is 5.88 Å². The summed E-state index contributed by atoms with van der Waals surface area (Å²) in [5.74, 6) is -0.0830. The van der Waals surface area contributed by atoms with Crippen molar-refractivity contribution >= 4 is 28.9 Å². The first kappa shape index (κ1) is 22.8.